The molecule has 0 bridgehead atoms. The van der Waals surface area contributed by atoms with Gasteiger partial charge in [0.15, 0.2) is 0 Å². The van der Waals surface area contributed by atoms with Gasteiger partial charge in [-0.15, -0.1) is 0 Å². The van der Waals surface area contributed by atoms with Crippen LogP contribution in [0.1, 0.15) is 19.4 Å². The van der Waals surface area contributed by atoms with E-state index >= 15 is 0 Å². The van der Waals surface area contributed by atoms with Crippen LogP contribution in [0.3, 0.4) is 0 Å². The van der Waals surface area contributed by atoms with Gasteiger partial charge in [-0.25, -0.2) is 0 Å². The van der Waals surface area contributed by atoms with Gasteiger partial charge in [-0.05, 0) is 23.7 Å². The Hall–Kier alpha value is 0.338. The Labute approximate surface area is 118 Å². The van der Waals surface area contributed by atoms with Gasteiger partial charge >= 0.3 is 21.1 Å². The molecule has 92 valence electrons. The molecule has 0 unspecified atom stereocenters. The van der Waals surface area contributed by atoms with Crippen LogP contribution in [0.25, 0.3) is 0 Å². The number of rotatable bonds is 1. The van der Waals surface area contributed by atoms with E-state index in [-0.39, 0.29) is 52.5 Å². The van der Waals surface area contributed by atoms with Gasteiger partial charge in [0.2, 0.25) is 0 Å². The summed E-state index contributed by atoms with van der Waals surface area (Å²) in [6, 6.07) is 3.89. The monoisotopic (exact) mass is 433 g/mol. The number of nitrogens with two attached hydrogens (primary N) is 1. The number of nitrogens with zero attached hydrogens (tertiary/aromatic N) is 1. The van der Waals surface area contributed by atoms with Gasteiger partial charge in [-0.1, -0.05) is 13.8 Å². The van der Waals surface area contributed by atoms with E-state index in [9.17, 15) is 0 Å². The summed E-state index contributed by atoms with van der Waals surface area (Å²) in [7, 11) is 0. The molecule has 0 amide bonds. The van der Waals surface area contributed by atoms with Crippen molar-refractivity contribution in [3.8, 4) is 0 Å². The second kappa shape index (κ2) is 16.8. The first-order chi connectivity index (χ1) is 5.66. The van der Waals surface area contributed by atoms with Crippen molar-refractivity contribution >= 4 is 0 Å². The molecule has 0 saturated heterocycles. The van der Waals surface area contributed by atoms with Crippen LogP contribution in [0, 0.1) is 0 Å². The SMILES string of the molecule is CC(C)N.OCc1ccncc1.[Cl-].[Cl-].[Pt+2]. The van der Waals surface area contributed by atoms with Crippen LogP contribution in [0.5, 0.6) is 0 Å². The second-order valence-corrected chi connectivity index (χ2v) is 2.76. The van der Waals surface area contributed by atoms with Gasteiger partial charge in [0.25, 0.3) is 0 Å². The third-order valence-electron chi connectivity index (χ3n) is 0.932. The van der Waals surface area contributed by atoms with Crippen molar-refractivity contribution in [2.24, 2.45) is 5.73 Å². The molecule has 1 aromatic heterocycles. The minimum atomic E-state index is 0. The van der Waals surface area contributed by atoms with Gasteiger partial charge in [-0.3, -0.25) is 4.98 Å². The maximum atomic E-state index is 8.51. The predicted octanol–water partition coefficient (Wildman–Crippen LogP) is -5.07. The van der Waals surface area contributed by atoms with Crippen LogP contribution in [-0.2, 0) is 27.7 Å². The molecular formula is C9H16Cl2N2OPt. The zero-order valence-corrected chi connectivity index (χ0v) is 12.4. The van der Waals surface area contributed by atoms with Crippen LogP contribution in [0.2, 0.25) is 0 Å². The molecule has 3 nitrogen and oxygen atoms in total. The summed E-state index contributed by atoms with van der Waals surface area (Å²) in [5, 5.41) is 8.51. The van der Waals surface area contributed by atoms with Crippen molar-refractivity contribution in [1.82, 2.24) is 4.98 Å². The van der Waals surface area contributed by atoms with Crippen molar-refractivity contribution in [2.75, 3.05) is 0 Å². The molecule has 1 rings (SSSR count). The first-order valence-electron chi connectivity index (χ1n) is 3.92. The number of pyridine rings is 1. The van der Waals surface area contributed by atoms with Crippen LogP contribution in [-0.4, -0.2) is 16.1 Å². The number of hydrogen-bond acceptors (Lipinski definition) is 3. The topological polar surface area (TPSA) is 59.1 Å². The fourth-order valence-electron chi connectivity index (χ4n) is 0.488. The second-order valence-electron chi connectivity index (χ2n) is 2.76. The third kappa shape index (κ3) is 20.4. The Kier molecular flexibility index (Phi) is 27.4. The van der Waals surface area contributed by atoms with Crippen molar-refractivity contribution < 1.29 is 51.0 Å². The van der Waals surface area contributed by atoms with Crippen LogP contribution in [0.15, 0.2) is 24.5 Å². The van der Waals surface area contributed by atoms with Gasteiger partial charge in [0.05, 0.1) is 6.61 Å². The molecule has 3 N–H and O–H groups in total. The summed E-state index contributed by atoms with van der Waals surface area (Å²) in [6.45, 7) is 3.99. The van der Waals surface area contributed by atoms with E-state index in [1.54, 1.807) is 24.5 Å². The zero-order valence-electron chi connectivity index (χ0n) is 8.64. The van der Waals surface area contributed by atoms with E-state index < -0.39 is 0 Å². The molecule has 0 aliphatic heterocycles. The normalized spacial score (nSPS) is 7.27. The summed E-state index contributed by atoms with van der Waals surface area (Å²) >= 11 is 0. The standard InChI is InChI=1S/C6H7NO.C3H9N.2ClH.Pt/c8-5-6-1-3-7-4-2-6;1-3(2)4;;;/h1-4,8H,5H2;3H,4H2,1-2H3;2*1H;/q;;;;+2/p-2. The van der Waals surface area contributed by atoms with Crippen LogP contribution in [0.4, 0.5) is 0 Å². The average Bonchev–Trinajstić information content (AvgIpc) is 2.05. The molecule has 0 saturated carbocycles. The molecule has 6 heteroatoms. The molecular weight excluding hydrogens is 418 g/mol. The summed E-state index contributed by atoms with van der Waals surface area (Å²) in [6.07, 6.45) is 3.32. The predicted molar refractivity (Wildman–Crippen MR) is 49.5 cm³/mol. The van der Waals surface area contributed by atoms with Crippen molar-refractivity contribution in [1.29, 1.82) is 0 Å². The van der Waals surface area contributed by atoms with Crippen molar-refractivity contribution in [3.05, 3.63) is 30.1 Å². The van der Waals surface area contributed by atoms with Gasteiger partial charge in [0, 0.05) is 12.4 Å². The number of aliphatic hydroxyl groups is 1. The summed E-state index contributed by atoms with van der Waals surface area (Å²) in [5.74, 6) is 0. The first-order valence-corrected chi connectivity index (χ1v) is 3.92. The molecule has 0 aliphatic carbocycles. The molecule has 15 heavy (non-hydrogen) atoms. The fourth-order valence-corrected chi connectivity index (χ4v) is 0.488. The van der Waals surface area contributed by atoms with E-state index in [2.05, 4.69) is 4.98 Å². The Morgan fingerprint density at radius 3 is 1.80 bits per heavy atom. The Morgan fingerprint density at radius 1 is 1.27 bits per heavy atom. The molecule has 0 fully saturated rings. The summed E-state index contributed by atoms with van der Waals surface area (Å²) < 4.78 is 0. The number of aromatic nitrogens is 1. The largest absolute Gasteiger partial charge is 2.00 e. The maximum absolute atomic E-state index is 8.51. The number of aliphatic hydroxyl groups excluding tert-OH is 1. The zero-order chi connectivity index (χ0) is 9.40. The molecule has 1 heterocycles. The third-order valence-corrected chi connectivity index (χ3v) is 0.932. The Morgan fingerprint density at radius 2 is 1.60 bits per heavy atom. The average molecular weight is 434 g/mol. The van der Waals surface area contributed by atoms with Gasteiger partial charge in [-0.2, -0.15) is 0 Å². The minimum absolute atomic E-state index is 0. The van der Waals surface area contributed by atoms with Gasteiger partial charge < -0.3 is 35.7 Å². The van der Waals surface area contributed by atoms with E-state index in [0.29, 0.717) is 6.04 Å². The van der Waals surface area contributed by atoms with E-state index in [0.717, 1.165) is 5.56 Å². The molecule has 0 aliphatic rings. The van der Waals surface area contributed by atoms with Crippen molar-refractivity contribution in [3.63, 3.8) is 0 Å². The molecule has 0 atom stereocenters. The number of halogens is 2. The van der Waals surface area contributed by atoms with E-state index in [4.69, 9.17) is 10.8 Å². The quantitative estimate of drug-likeness (QED) is 0.466. The van der Waals surface area contributed by atoms with E-state index in [1.807, 2.05) is 13.8 Å². The summed E-state index contributed by atoms with van der Waals surface area (Å²) in [4.78, 5) is 3.78. The molecule has 1 aromatic rings. The number of hydrogen-bond donors (Lipinski definition) is 2. The fraction of sp³-hybridized carbons (Fsp3) is 0.444. The molecule has 0 aromatic carbocycles. The Balaban J connectivity index is -0.0000000779. The first kappa shape index (κ1) is 24.5. The minimum Gasteiger partial charge on any atom is -1.00 e. The van der Waals surface area contributed by atoms with Crippen LogP contribution >= 0.6 is 0 Å². The smallest absolute Gasteiger partial charge is 1.00 e. The van der Waals surface area contributed by atoms with Crippen molar-refractivity contribution in [2.45, 2.75) is 26.5 Å². The summed E-state index contributed by atoms with van der Waals surface area (Å²) in [5.41, 5.74) is 6.01. The van der Waals surface area contributed by atoms with Gasteiger partial charge in [0.1, 0.15) is 0 Å². The Bertz CT molecular complexity index is 198. The molecule has 0 radical (unpaired) electrons. The maximum Gasteiger partial charge on any atom is 2.00 e. The van der Waals surface area contributed by atoms with Crippen LogP contribution < -0.4 is 30.5 Å². The van der Waals surface area contributed by atoms with E-state index in [1.165, 1.54) is 0 Å². The molecule has 0 spiro atoms.